The molecule has 0 saturated carbocycles. The summed E-state index contributed by atoms with van der Waals surface area (Å²) in [4.78, 5) is 16.5. The topological polar surface area (TPSA) is 45.2 Å². The first kappa shape index (κ1) is 13.8. The average molecular weight is 290 g/mol. The first-order valence-electron chi connectivity index (χ1n) is 6.12. The lowest BCUT2D eigenvalue weighted by Gasteiger charge is -2.36. The maximum Gasteiger partial charge on any atom is 0.230 e. The molecule has 2 rings (SSSR count). The molecule has 0 atom stereocenters. The molecule has 0 aliphatic carbocycles. The largest absolute Gasteiger partial charge is 0.341 e. The van der Waals surface area contributed by atoms with Crippen molar-refractivity contribution in [3.8, 4) is 0 Å². The van der Waals surface area contributed by atoms with Gasteiger partial charge in [0.15, 0.2) is 0 Å². The molecule has 5 nitrogen and oxygen atoms in total. The number of aromatic nitrogens is 3. The fourth-order valence-corrected chi connectivity index (χ4v) is 2.61. The summed E-state index contributed by atoms with van der Waals surface area (Å²) in [7, 11) is 1.98. The monoisotopic (exact) mass is 289 g/mol. The normalized spacial score (nSPS) is 18.0. The van der Waals surface area contributed by atoms with Gasteiger partial charge in [-0.3, -0.25) is 0 Å². The van der Waals surface area contributed by atoms with Crippen molar-refractivity contribution in [2.75, 3.05) is 31.6 Å². The Morgan fingerprint density at radius 2 is 1.72 bits per heavy atom. The van der Waals surface area contributed by atoms with E-state index in [0.29, 0.717) is 12.0 Å². The van der Waals surface area contributed by atoms with E-state index >= 15 is 0 Å². The van der Waals surface area contributed by atoms with Crippen LogP contribution in [0, 0.1) is 0 Å². The Labute approximate surface area is 117 Å². The Bertz CT molecular complexity index is 386. The summed E-state index contributed by atoms with van der Waals surface area (Å²) in [6.07, 6.45) is 2.20. The highest BCUT2D eigenvalue weighted by molar-refractivity contribution is 6.31. The van der Waals surface area contributed by atoms with E-state index in [4.69, 9.17) is 23.2 Å². The molecule has 0 spiro atoms. The van der Waals surface area contributed by atoms with Gasteiger partial charge in [-0.2, -0.15) is 15.0 Å². The van der Waals surface area contributed by atoms with Gasteiger partial charge in [0.05, 0.1) is 0 Å². The zero-order valence-electron chi connectivity index (χ0n) is 10.6. The zero-order chi connectivity index (χ0) is 13.1. The van der Waals surface area contributed by atoms with Crippen molar-refractivity contribution in [1.82, 2.24) is 19.9 Å². The second-order valence-electron chi connectivity index (χ2n) is 4.45. The van der Waals surface area contributed by atoms with Crippen molar-refractivity contribution in [2.24, 2.45) is 0 Å². The second-order valence-corrected chi connectivity index (χ2v) is 5.13. The summed E-state index contributed by atoms with van der Waals surface area (Å²) in [5, 5.41) is 0.283. The third-order valence-corrected chi connectivity index (χ3v) is 3.77. The van der Waals surface area contributed by atoms with Gasteiger partial charge in [-0.05, 0) is 42.6 Å². The fourth-order valence-electron chi connectivity index (χ4n) is 2.26. The highest BCUT2D eigenvalue weighted by atomic mass is 35.5. The van der Waals surface area contributed by atoms with Crippen molar-refractivity contribution >= 4 is 29.2 Å². The van der Waals surface area contributed by atoms with Crippen LogP contribution in [0.25, 0.3) is 0 Å². The van der Waals surface area contributed by atoms with Crippen molar-refractivity contribution in [1.29, 1.82) is 0 Å². The molecule has 1 fully saturated rings. The Kier molecular flexibility index (Phi) is 4.59. The Balaban J connectivity index is 2.05. The molecule has 100 valence electrons. The van der Waals surface area contributed by atoms with Crippen LogP contribution in [0.3, 0.4) is 0 Å². The van der Waals surface area contributed by atoms with Crippen LogP contribution in [0.2, 0.25) is 10.6 Å². The fraction of sp³-hybridized carbons (Fsp3) is 0.727. The summed E-state index contributed by atoms with van der Waals surface area (Å²) in [6.45, 7) is 5.52. The molecule has 1 aromatic heterocycles. The average Bonchev–Trinajstić information content (AvgIpc) is 2.37. The number of piperidine rings is 1. The van der Waals surface area contributed by atoms with E-state index in [9.17, 15) is 0 Å². The predicted octanol–water partition coefficient (Wildman–Crippen LogP) is 2.10. The highest BCUT2D eigenvalue weighted by Crippen LogP contribution is 2.20. The number of hydrogen-bond acceptors (Lipinski definition) is 5. The molecule has 7 heteroatoms. The molecular formula is C11H17Cl2N5. The number of anilines is 1. The van der Waals surface area contributed by atoms with E-state index in [2.05, 4.69) is 26.8 Å². The molecule has 1 saturated heterocycles. The van der Waals surface area contributed by atoms with E-state index in [-0.39, 0.29) is 10.6 Å². The lowest BCUT2D eigenvalue weighted by atomic mass is 10.0. The van der Waals surface area contributed by atoms with Gasteiger partial charge in [0.1, 0.15) is 0 Å². The quantitative estimate of drug-likeness (QED) is 0.853. The Morgan fingerprint density at radius 3 is 2.22 bits per heavy atom. The highest BCUT2D eigenvalue weighted by Gasteiger charge is 2.23. The van der Waals surface area contributed by atoms with Crippen LogP contribution < -0.4 is 4.90 Å². The lowest BCUT2D eigenvalue weighted by molar-refractivity contribution is 0.220. The smallest absolute Gasteiger partial charge is 0.230 e. The molecule has 0 unspecified atom stereocenters. The number of nitrogens with zero attached hydrogens (tertiary/aromatic N) is 5. The van der Waals surface area contributed by atoms with Crippen LogP contribution in [-0.4, -0.2) is 52.6 Å². The molecule has 18 heavy (non-hydrogen) atoms. The Hall–Kier alpha value is -0.650. The Morgan fingerprint density at radius 1 is 1.17 bits per heavy atom. The molecular weight excluding hydrogens is 273 g/mol. The number of hydrogen-bond donors (Lipinski definition) is 0. The molecule has 1 aromatic rings. The van der Waals surface area contributed by atoms with Gasteiger partial charge < -0.3 is 9.80 Å². The molecule has 0 amide bonds. The maximum absolute atomic E-state index is 5.80. The first-order valence-corrected chi connectivity index (χ1v) is 6.88. The van der Waals surface area contributed by atoms with Gasteiger partial charge >= 0.3 is 0 Å². The SMILES string of the molecule is CCN1CCC(N(C)c2nc(Cl)nc(Cl)n2)CC1. The second kappa shape index (κ2) is 5.99. The third-order valence-electron chi connectivity index (χ3n) is 3.44. The van der Waals surface area contributed by atoms with E-state index in [0.717, 1.165) is 32.5 Å². The third kappa shape index (κ3) is 3.22. The maximum atomic E-state index is 5.80. The predicted molar refractivity (Wildman–Crippen MR) is 73.4 cm³/mol. The van der Waals surface area contributed by atoms with Gasteiger partial charge in [0.25, 0.3) is 0 Å². The molecule has 0 radical (unpaired) electrons. The summed E-state index contributed by atoms with van der Waals surface area (Å²) in [6, 6.07) is 0.433. The van der Waals surface area contributed by atoms with E-state index in [1.54, 1.807) is 0 Å². The molecule has 0 N–H and O–H groups in total. The van der Waals surface area contributed by atoms with Crippen molar-refractivity contribution < 1.29 is 0 Å². The number of rotatable bonds is 3. The van der Waals surface area contributed by atoms with Crippen molar-refractivity contribution in [3.63, 3.8) is 0 Å². The molecule has 2 heterocycles. The van der Waals surface area contributed by atoms with E-state index < -0.39 is 0 Å². The van der Waals surface area contributed by atoms with Gasteiger partial charge in [-0.15, -0.1) is 0 Å². The van der Waals surface area contributed by atoms with Crippen LogP contribution in [0.4, 0.5) is 5.95 Å². The molecule has 0 bridgehead atoms. The van der Waals surface area contributed by atoms with Gasteiger partial charge in [0, 0.05) is 26.2 Å². The van der Waals surface area contributed by atoms with Gasteiger partial charge in [0.2, 0.25) is 16.5 Å². The van der Waals surface area contributed by atoms with Gasteiger partial charge in [-0.25, -0.2) is 0 Å². The summed E-state index contributed by atoms with van der Waals surface area (Å²) in [5.74, 6) is 0.551. The number of likely N-dealkylation sites (tertiary alicyclic amines) is 1. The first-order chi connectivity index (χ1) is 8.60. The van der Waals surface area contributed by atoms with Crippen LogP contribution >= 0.6 is 23.2 Å². The standard InChI is InChI=1S/C11H17Cl2N5/c1-3-18-6-4-8(5-7-18)17(2)11-15-9(12)14-10(13)16-11/h8H,3-7H2,1-2H3. The number of halogens is 2. The minimum atomic E-state index is 0.142. The van der Waals surface area contributed by atoms with Crippen molar-refractivity contribution in [2.45, 2.75) is 25.8 Å². The van der Waals surface area contributed by atoms with Gasteiger partial charge in [-0.1, -0.05) is 6.92 Å². The minimum Gasteiger partial charge on any atom is -0.341 e. The summed E-state index contributed by atoms with van der Waals surface area (Å²) < 4.78 is 0. The van der Waals surface area contributed by atoms with E-state index in [1.807, 2.05) is 11.9 Å². The minimum absolute atomic E-state index is 0.142. The van der Waals surface area contributed by atoms with Crippen LogP contribution in [0.15, 0.2) is 0 Å². The lowest BCUT2D eigenvalue weighted by Crippen LogP contribution is -2.43. The van der Waals surface area contributed by atoms with E-state index in [1.165, 1.54) is 0 Å². The molecule has 0 aromatic carbocycles. The molecule has 1 aliphatic heterocycles. The zero-order valence-corrected chi connectivity index (χ0v) is 12.1. The summed E-state index contributed by atoms with van der Waals surface area (Å²) >= 11 is 11.6. The van der Waals surface area contributed by atoms with Crippen LogP contribution in [0.1, 0.15) is 19.8 Å². The van der Waals surface area contributed by atoms with Crippen LogP contribution in [0.5, 0.6) is 0 Å². The summed E-state index contributed by atoms with van der Waals surface area (Å²) in [5.41, 5.74) is 0. The molecule has 1 aliphatic rings. The van der Waals surface area contributed by atoms with Crippen LogP contribution in [-0.2, 0) is 0 Å². The van der Waals surface area contributed by atoms with Crippen molar-refractivity contribution in [3.05, 3.63) is 10.6 Å².